The van der Waals surface area contributed by atoms with E-state index in [1.807, 2.05) is 44.2 Å². The Morgan fingerprint density at radius 3 is 2.48 bits per heavy atom. The monoisotopic (exact) mass is 412 g/mol. The molecule has 0 aliphatic heterocycles. The third-order valence-corrected chi connectivity index (χ3v) is 5.78. The lowest BCUT2D eigenvalue weighted by Crippen LogP contribution is -2.50. The van der Waals surface area contributed by atoms with Gasteiger partial charge in [-0.3, -0.25) is 9.59 Å². The molecule has 29 heavy (non-hydrogen) atoms. The van der Waals surface area contributed by atoms with E-state index in [2.05, 4.69) is 11.4 Å². The third-order valence-electron chi connectivity index (χ3n) is 5.55. The van der Waals surface area contributed by atoms with Gasteiger partial charge in [-0.05, 0) is 49.9 Å². The number of nitrogens with zero attached hydrogens (tertiary/aromatic N) is 1. The molecule has 1 aliphatic carbocycles. The SMILES string of the molecule is Cc1cccc(CN(C(=O)Cc2cccc(Cl)c2)[C@H](C)C(=O)NC2CCCC2)c1. The molecule has 0 bridgehead atoms. The maximum atomic E-state index is 13.2. The van der Waals surface area contributed by atoms with Crippen LogP contribution in [0.3, 0.4) is 0 Å². The molecule has 3 rings (SSSR count). The van der Waals surface area contributed by atoms with Gasteiger partial charge in [0.25, 0.3) is 0 Å². The average Bonchev–Trinajstić information content (AvgIpc) is 3.18. The van der Waals surface area contributed by atoms with Crippen molar-refractivity contribution < 1.29 is 9.59 Å². The molecule has 5 heteroatoms. The van der Waals surface area contributed by atoms with Gasteiger partial charge in [0.2, 0.25) is 11.8 Å². The Hall–Kier alpha value is -2.33. The molecule has 0 aromatic heterocycles. The fourth-order valence-electron chi connectivity index (χ4n) is 3.90. The summed E-state index contributed by atoms with van der Waals surface area (Å²) in [6, 6.07) is 15.1. The molecule has 0 unspecified atom stereocenters. The van der Waals surface area contributed by atoms with E-state index in [1.54, 1.807) is 17.0 Å². The van der Waals surface area contributed by atoms with Crippen LogP contribution in [-0.4, -0.2) is 28.8 Å². The minimum absolute atomic E-state index is 0.0796. The number of nitrogens with one attached hydrogen (secondary N) is 1. The molecule has 0 spiro atoms. The Morgan fingerprint density at radius 1 is 1.10 bits per heavy atom. The number of hydrogen-bond donors (Lipinski definition) is 1. The molecule has 1 N–H and O–H groups in total. The van der Waals surface area contributed by atoms with E-state index in [4.69, 9.17) is 11.6 Å². The Kier molecular flexibility index (Phi) is 7.32. The van der Waals surface area contributed by atoms with Crippen LogP contribution in [0.25, 0.3) is 0 Å². The molecule has 2 aromatic carbocycles. The van der Waals surface area contributed by atoms with Gasteiger partial charge >= 0.3 is 0 Å². The van der Waals surface area contributed by atoms with Crippen LogP contribution in [0, 0.1) is 6.92 Å². The normalized spacial score (nSPS) is 15.1. The molecule has 0 radical (unpaired) electrons. The van der Waals surface area contributed by atoms with Crippen molar-refractivity contribution in [2.45, 2.75) is 64.6 Å². The Morgan fingerprint density at radius 2 is 1.79 bits per heavy atom. The molecule has 154 valence electrons. The van der Waals surface area contributed by atoms with Crippen LogP contribution in [0.1, 0.15) is 49.3 Å². The van der Waals surface area contributed by atoms with Crippen LogP contribution in [-0.2, 0) is 22.6 Å². The minimum Gasteiger partial charge on any atom is -0.352 e. The molecular formula is C24H29ClN2O2. The zero-order valence-electron chi connectivity index (χ0n) is 17.2. The quantitative estimate of drug-likeness (QED) is 0.718. The highest BCUT2D eigenvalue weighted by molar-refractivity contribution is 6.30. The number of benzene rings is 2. The first-order chi connectivity index (χ1) is 13.9. The van der Waals surface area contributed by atoms with Crippen molar-refractivity contribution in [2.24, 2.45) is 0 Å². The summed E-state index contributed by atoms with van der Waals surface area (Å²) in [7, 11) is 0. The second-order valence-corrected chi connectivity index (χ2v) is 8.42. The molecular weight excluding hydrogens is 384 g/mol. The topological polar surface area (TPSA) is 49.4 Å². The zero-order chi connectivity index (χ0) is 20.8. The van der Waals surface area contributed by atoms with Crippen LogP contribution < -0.4 is 5.32 Å². The van der Waals surface area contributed by atoms with Crippen LogP contribution in [0.15, 0.2) is 48.5 Å². The van der Waals surface area contributed by atoms with E-state index in [0.29, 0.717) is 11.6 Å². The summed E-state index contributed by atoms with van der Waals surface area (Å²) in [6.07, 6.45) is 4.56. The van der Waals surface area contributed by atoms with Crippen molar-refractivity contribution in [3.8, 4) is 0 Å². The maximum Gasteiger partial charge on any atom is 0.242 e. The van der Waals surface area contributed by atoms with E-state index in [9.17, 15) is 9.59 Å². The van der Waals surface area contributed by atoms with Gasteiger partial charge in [0.1, 0.15) is 6.04 Å². The summed E-state index contributed by atoms with van der Waals surface area (Å²) in [5.74, 6) is -0.160. The van der Waals surface area contributed by atoms with Crippen LogP contribution in [0.5, 0.6) is 0 Å². The van der Waals surface area contributed by atoms with Gasteiger partial charge in [-0.15, -0.1) is 0 Å². The Labute approximate surface area is 178 Å². The lowest BCUT2D eigenvalue weighted by atomic mass is 10.1. The van der Waals surface area contributed by atoms with E-state index >= 15 is 0 Å². The van der Waals surface area contributed by atoms with E-state index < -0.39 is 6.04 Å². The fraction of sp³-hybridized carbons (Fsp3) is 0.417. The number of rotatable bonds is 7. The highest BCUT2D eigenvalue weighted by atomic mass is 35.5. The van der Waals surface area contributed by atoms with Gasteiger partial charge < -0.3 is 10.2 Å². The standard InChI is InChI=1S/C24H29ClN2O2/c1-17-7-5-9-20(13-17)16-27(18(2)24(29)26-22-11-3-4-12-22)23(28)15-19-8-6-10-21(25)14-19/h5-10,13-14,18,22H,3-4,11-12,15-16H2,1-2H3,(H,26,29)/t18-/m1/s1. The number of hydrogen-bond acceptors (Lipinski definition) is 2. The number of amides is 2. The molecule has 0 heterocycles. The molecule has 1 aliphatic rings. The first-order valence-electron chi connectivity index (χ1n) is 10.3. The van der Waals surface area contributed by atoms with Crippen molar-refractivity contribution in [2.75, 3.05) is 0 Å². The van der Waals surface area contributed by atoms with Crippen molar-refractivity contribution in [1.29, 1.82) is 0 Å². The number of halogens is 1. The fourth-order valence-corrected chi connectivity index (χ4v) is 4.12. The lowest BCUT2D eigenvalue weighted by molar-refractivity contribution is -0.140. The Balaban J connectivity index is 1.77. The summed E-state index contributed by atoms with van der Waals surface area (Å²) >= 11 is 6.07. The molecule has 1 fully saturated rings. The number of carbonyl (C=O) groups excluding carboxylic acids is 2. The highest BCUT2D eigenvalue weighted by Crippen LogP contribution is 2.19. The van der Waals surface area contributed by atoms with Gasteiger partial charge in [0.15, 0.2) is 0 Å². The van der Waals surface area contributed by atoms with Crippen molar-refractivity contribution >= 4 is 23.4 Å². The average molecular weight is 413 g/mol. The smallest absolute Gasteiger partial charge is 0.242 e. The minimum atomic E-state index is -0.539. The summed E-state index contributed by atoms with van der Waals surface area (Å²) in [5.41, 5.74) is 3.00. The van der Waals surface area contributed by atoms with Crippen molar-refractivity contribution in [3.63, 3.8) is 0 Å². The predicted molar refractivity (Wildman–Crippen MR) is 117 cm³/mol. The predicted octanol–water partition coefficient (Wildman–Crippen LogP) is 4.67. The zero-order valence-corrected chi connectivity index (χ0v) is 17.9. The Bertz CT molecular complexity index is 861. The molecule has 0 saturated heterocycles. The van der Waals surface area contributed by atoms with E-state index in [-0.39, 0.29) is 24.3 Å². The van der Waals surface area contributed by atoms with Gasteiger partial charge in [-0.2, -0.15) is 0 Å². The summed E-state index contributed by atoms with van der Waals surface area (Å²) in [6.45, 7) is 4.24. The first-order valence-corrected chi connectivity index (χ1v) is 10.7. The van der Waals surface area contributed by atoms with Crippen molar-refractivity contribution in [1.82, 2.24) is 10.2 Å². The second kappa shape index (κ2) is 9.93. The second-order valence-electron chi connectivity index (χ2n) is 7.98. The van der Waals surface area contributed by atoms with Gasteiger partial charge in [-0.1, -0.05) is 66.4 Å². The summed E-state index contributed by atoms with van der Waals surface area (Å²) < 4.78 is 0. The number of carbonyl (C=O) groups is 2. The number of aryl methyl sites for hydroxylation is 1. The first kappa shape index (κ1) is 21.4. The molecule has 2 aromatic rings. The summed E-state index contributed by atoms with van der Waals surface area (Å²) in [5, 5.41) is 3.73. The largest absolute Gasteiger partial charge is 0.352 e. The van der Waals surface area contributed by atoms with E-state index in [1.165, 1.54) is 0 Å². The van der Waals surface area contributed by atoms with Crippen molar-refractivity contribution in [3.05, 3.63) is 70.2 Å². The third kappa shape index (κ3) is 6.07. The summed E-state index contributed by atoms with van der Waals surface area (Å²) in [4.78, 5) is 27.8. The van der Waals surface area contributed by atoms with Crippen LogP contribution in [0.4, 0.5) is 0 Å². The van der Waals surface area contributed by atoms with E-state index in [0.717, 1.165) is 42.4 Å². The highest BCUT2D eigenvalue weighted by Gasteiger charge is 2.28. The van der Waals surface area contributed by atoms with Crippen LogP contribution >= 0.6 is 11.6 Å². The molecule has 1 atom stereocenters. The lowest BCUT2D eigenvalue weighted by Gasteiger charge is -2.30. The van der Waals surface area contributed by atoms with Gasteiger partial charge in [-0.25, -0.2) is 0 Å². The van der Waals surface area contributed by atoms with Crippen LogP contribution in [0.2, 0.25) is 5.02 Å². The molecule has 2 amide bonds. The van der Waals surface area contributed by atoms with Gasteiger partial charge in [0.05, 0.1) is 6.42 Å². The maximum absolute atomic E-state index is 13.2. The molecule has 1 saturated carbocycles. The molecule has 4 nitrogen and oxygen atoms in total. The van der Waals surface area contributed by atoms with Gasteiger partial charge in [0, 0.05) is 17.6 Å².